The highest BCUT2D eigenvalue weighted by atomic mass is 16.5. The van der Waals surface area contributed by atoms with E-state index in [1.165, 1.54) is 31.2 Å². The second-order valence-corrected chi connectivity index (χ2v) is 7.90. The molecule has 0 aromatic heterocycles. The Morgan fingerprint density at radius 1 is 0.960 bits per heavy atom. The smallest absolute Gasteiger partial charge is 0.119 e. The third-order valence-electron chi connectivity index (χ3n) is 5.99. The molecule has 1 aliphatic heterocycles. The number of rotatable bonds is 5. The fraction of sp³-hybridized carbons (Fsp3) is 0.478. The first kappa shape index (κ1) is 16.8. The van der Waals surface area contributed by atoms with Gasteiger partial charge in [0.15, 0.2) is 0 Å². The minimum absolute atomic E-state index is 0.122. The molecule has 1 fully saturated rings. The quantitative estimate of drug-likeness (QED) is 0.777. The van der Waals surface area contributed by atoms with Gasteiger partial charge in [-0.3, -0.25) is 4.90 Å². The number of ether oxygens (including phenoxy) is 1. The van der Waals surface area contributed by atoms with Crippen LogP contribution in [0.5, 0.6) is 0 Å². The molecule has 0 radical (unpaired) electrons. The third-order valence-corrected chi connectivity index (χ3v) is 5.99. The first-order chi connectivity index (χ1) is 12.2. The van der Waals surface area contributed by atoms with Crippen LogP contribution in [0, 0.1) is 5.92 Å². The van der Waals surface area contributed by atoms with E-state index in [1.807, 2.05) is 0 Å². The molecule has 0 amide bonds. The summed E-state index contributed by atoms with van der Waals surface area (Å²) >= 11 is 0. The summed E-state index contributed by atoms with van der Waals surface area (Å²) in [6, 6.07) is 19.5. The maximum atomic E-state index is 6.48. The van der Waals surface area contributed by atoms with E-state index in [1.54, 1.807) is 11.1 Å². The van der Waals surface area contributed by atoms with E-state index in [0.717, 1.165) is 25.4 Å². The third kappa shape index (κ3) is 3.80. The summed E-state index contributed by atoms with van der Waals surface area (Å²) in [7, 11) is 0. The molecule has 2 heteroatoms. The van der Waals surface area contributed by atoms with Crippen molar-refractivity contribution in [3.05, 3.63) is 71.3 Å². The summed E-state index contributed by atoms with van der Waals surface area (Å²) in [5, 5.41) is 0. The van der Waals surface area contributed by atoms with E-state index in [4.69, 9.17) is 4.74 Å². The number of piperidine rings is 1. The number of hydrogen-bond acceptors (Lipinski definition) is 2. The van der Waals surface area contributed by atoms with Crippen molar-refractivity contribution in [1.29, 1.82) is 0 Å². The van der Waals surface area contributed by atoms with E-state index in [-0.39, 0.29) is 5.72 Å². The Hall–Kier alpha value is -1.64. The van der Waals surface area contributed by atoms with Crippen molar-refractivity contribution in [3.8, 4) is 0 Å². The van der Waals surface area contributed by atoms with E-state index in [9.17, 15) is 0 Å². The van der Waals surface area contributed by atoms with Crippen LogP contribution in [0.1, 0.15) is 42.9 Å². The van der Waals surface area contributed by atoms with Crippen LogP contribution >= 0.6 is 0 Å². The molecule has 1 aliphatic carbocycles. The van der Waals surface area contributed by atoms with Crippen LogP contribution in [0.3, 0.4) is 0 Å². The molecule has 1 unspecified atom stereocenters. The molecular formula is C23H29NO. The van der Waals surface area contributed by atoms with E-state index < -0.39 is 0 Å². The second-order valence-electron chi connectivity index (χ2n) is 7.90. The molecule has 2 aromatic rings. The Balaban J connectivity index is 1.40. The molecule has 25 heavy (non-hydrogen) atoms. The summed E-state index contributed by atoms with van der Waals surface area (Å²) in [6.45, 7) is 5.33. The van der Waals surface area contributed by atoms with Crippen molar-refractivity contribution in [3.63, 3.8) is 0 Å². The number of nitrogens with zero attached hydrogens (tertiary/aromatic N) is 1. The Kier molecular flexibility index (Phi) is 4.91. The molecule has 1 atom stereocenters. The summed E-state index contributed by atoms with van der Waals surface area (Å²) in [6.07, 6.45) is 6.15. The Labute approximate surface area is 151 Å². The van der Waals surface area contributed by atoms with Crippen LogP contribution < -0.4 is 0 Å². The van der Waals surface area contributed by atoms with Crippen molar-refractivity contribution in [1.82, 2.24) is 4.90 Å². The number of likely N-dealkylation sites (tertiary alicyclic amines) is 1. The maximum absolute atomic E-state index is 6.48. The monoisotopic (exact) mass is 335 g/mol. The van der Waals surface area contributed by atoms with Gasteiger partial charge in [0.2, 0.25) is 0 Å². The molecule has 2 nitrogen and oxygen atoms in total. The van der Waals surface area contributed by atoms with Crippen LogP contribution in [0.4, 0.5) is 0 Å². The summed E-state index contributed by atoms with van der Waals surface area (Å²) < 4.78 is 6.48. The first-order valence-electron chi connectivity index (χ1n) is 9.73. The van der Waals surface area contributed by atoms with E-state index in [2.05, 4.69) is 66.4 Å². The second kappa shape index (κ2) is 7.31. The van der Waals surface area contributed by atoms with Gasteiger partial charge in [-0.1, -0.05) is 54.6 Å². The lowest BCUT2D eigenvalue weighted by atomic mass is 9.96. The van der Waals surface area contributed by atoms with Crippen LogP contribution in [0.2, 0.25) is 0 Å². The predicted molar refractivity (Wildman–Crippen MR) is 102 cm³/mol. The van der Waals surface area contributed by atoms with Gasteiger partial charge in [-0.2, -0.15) is 0 Å². The molecule has 0 spiro atoms. The zero-order chi connectivity index (χ0) is 17.1. The van der Waals surface area contributed by atoms with Gasteiger partial charge in [0.05, 0.1) is 6.61 Å². The van der Waals surface area contributed by atoms with Crippen molar-refractivity contribution in [2.75, 3.05) is 13.1 Å². The van der Waals surface area contributed by atoms with E-state index in [0.29, 0.717) is 6.61 Å². The van der Waals surface area contributed by atoms with E-state index >= 15 is 0 Å². The minimum Gasteiger partial charge on any atom is -0.356 e. The highest BCUT2D eigenvalue weighted by Gasteiger charge is 2.37. The van der Waals surface area contributed by atoms with Crippen LogP contribution in [-0.2, 0) is 24.2 Å². The fourth-order valence-corrected chi connectivity index (χ4v) is 4.50. The van der Waals surface area contributed by atoms with Crippen LogP contribution in [0.25, 0.3) is 0 Å². The number of benzene rings is 2. The number of fused-ring (bicyclic) bond motifs is 1. The van der Waals surface area contributed by atoms with Gasteiger partial charge in [-0.15, -0.1) is 0 Å². The lowest BCUT2D eigenvalue weighted by Crippen LogP contribution is -2.53. The Morgan fingerprint density at radius 3 is 2.36 bits per heavy atom. The van der Waals surface area contributed by atoms with Gasteiger partial charge in [0.25, 0.3) is 0 Å². The summed E-state index contributed by atoms with van der Waals surface area (Å²) in [5.41, 5.74) is 4.25. The topological polar surface area (TPSA) is 12.5 Å². The Morgan fingerprint density at radius 2 is 1.64 bits per heavy atom. The molecule has 132 valence electrons. The van der Waals surface area contributed by atoms with Crippen molar-refractivity contribution >= 4 is 0 Å². The highest BCUT2D eigenvalue weighted by molar-refractivity contribution is 5.32. The van der Waals surface area contributed by atoms with Crippen molar-refractivity contribution in [2.45, 2.75) is 51.4 Å². The van der Waals surface area contributed by atoms with Gasteiger partial charge in [-0.05, 0) is 61.6 Å². The Bertz CT molecular complexity index is 673. The van der Waals surface area contributed by atoms with Crippen molar-refractivity contribution in [2.24, 2.45) is 5.92 Å². The largest absolute Gasteiger partial charge is 0.356 e. The van der Waals surface area contributed by atoms with Crippen LogP contribution in [0.15, 0.2) is 54.6 Å². The molecule has 1 saturated heterocycles. The first-order valence-corrected chi connectivity index (χ1v) is 9.73. The van der Waals surface area contributed by atoms with Gasteiger partial charge in [-0.25, -0.2) is 0 Å². The van der Waals surface area contributed by atoms with Gasteiger partial charge in [0.1, 0.15) is 5.72 Å². The predicted octanol–water partition coefficient (Wildman–Crippen LogP) is 4.82. The number of hydrogen-bond donors (Lipinski definition) is 0. The highest BCUT2D eigenvalue weighted by Crippen LogP contribution is 2.34. The summed E-state index contributed by atoms with van der Waals surface area (Å²) in [5.74, 6) is 0.732. The molecule has 1 heterocycles. The SMILES string of the molecule is CC1(OCc2ccccc2)CCCCN1CC1Cc2ccccc2C1. The average Bonchev–Trinajstić information content (AvgIpc) is 3.06. The molecule has 2 aliphatic rings. The maximum Gasteiger partial charge on any atom is 0.119 e. The average molecular weight is 335 g/mol. The lowest BCUT2D eigenvalue weighted by Gasteiger charge is -2.45. The molecule has 4 rings (SSSR count). The zero-order valence-electron chi connectivity index (χ0n) is 15.3. The molecule has 0 saturated carbocycles. The standard InChI is InChI=1S/C23H29NO/c1-23(25-18-19-9-3-2-4-10-19)13-7-8-14-24(23)17-20-15-21-11-5-6-12-22(21)16-20/h2-6,9-12,20H,7-8,13-18H2,1H3. The zero-order valence-corrected chi connectivity index (χ0v) is 15.3. The molecular weight excluding hydrogens is 306 g/mol. The van der Waals surface area contributed by atoms with Gasteiger partial charge < -0.3 is 4.74 Å². The molecule has 0 N–H and O–H groups in total. The minimum atomic E-state index is -0.122. The van der Waals surface area contributed by atoms with Crippen molar-refractivity contribution < 1.29 is 4.74 Å². The fourth-order valence-electron chi connectivity index (χ4n) is 4.50. The normalized spacial score (nSPS) is 24.4. The van der Waals surface area contributed by atoms with Crippen LogP contribution in [-0.4, -0.2) is 23.7 Å². The summed E-state index contributed by atoms with van der Waals surface area (Å²) in [4.78, 5) is 2.62. The molecule has 2 aromatic carbocycles. The van der Waals surface area contributed by atoms with Gasteiger partial charge in [0, 0.05) is 13.1 Å². The lowest BCUT2D eigenvalue weighted by molar-refractivity contribution is -0.174. The van der Waals surface area contributed by atoms with Gasteiger partial charge >= 0.3 is 0 Å². The molecule has 0 bridgehead atoms.